The predicted octanol–water partition coefficient (Wildman–Crippen LogP) is 1.20. The van der Waals surface area contributed by atoms with Crippen LogP contribution in [-0.4, -0.2) is 23.7 Å². The number of amides is 2. The number of carbonyl (C=O) groups excluding carboxylic acids is 2. The van der Waals surface area contributed by atoms with Crippen molar-refractivity contribution in [3.8, 4) is 0 Å². The molecule has 0 fully saturated rings. The maximum Gasteiger partial charge on any atom is 0.245 e. The maximum atomic E-state index is 13.4. The summed E-state index contributed by atoms with van der Waals surface area (Å²) in [5, 5.41) is 7.48. The Morgan fingerprint density at radius 1 is 1.60 bits per heavy atom. The molecule has 6 nitrogen and oxygen atoms in total. The minimum absolute atomic E-state index is 0.0545. The SMILES string of the molecule is O=C(CC1=NNC(=O)C1)NN=Cc1c(F)cccc1Cl. The van der Waals surface area contributed by atoms with Gasteiger partial charge in [0.1, 0.15) is 5.82 Å². The van der Waals surface area contributed by atoms with Crippen molar-refractivity contribution in [1.82, 2.24) is 10.9 Å². The van der Waals surface area contributed by atoms with Crippen LogP contribution in [-0.2, 0) is 9.59 Å². The summed E-state index contributed by atoms with van der Waals surface area (Å²) in [7, 11) is 0. The molecule has 1 aliphatic rings. The first-order valence-electron chi connectivity index (χ1n) is 5.66. The highest BCUT2D eigenvalue weighted by molar-refractivity contribution is 6.33. The minimum Gasteiger partial charge on any atom is -0.273 e. The monoisotopic (exact) mass is 296 g/mol. The van der Waals surface area contributed by atoms with Crippen molar-refractivity contribution in [3.05, 3.63) is 34.6 Å². The molecule has 1 aromatic carbocycles. The standard InChI is InChI=1S/C12H10ClFN4O2/c13-9-2-1-3-10(14)8(9)6-15-17-11(19)4-7-5-12(20)18-16-7/h1-3,6H,4-5H2,(H,17,19)(H,18,20). The lowest BCUT2D eigenvalue weighted by Crippen LogP contribution is -2.20. The van der Waals surface area contributed by atoms with Crippen LogP contribution >= 0.6 is 11.6 Å². The average molecular weight is 297 g/mol. The van der Waals surface area contributed by atoms with Crippen LogP contribution in [0.3, 0.4) is 0 Å². The van der Waals surface area contributed by atoms with Gasteiger partial charge in [-0.1, -0.05) is 17.7 Å². The molecule has 0 saturated carbocycles. The van der Waals surface area contributed by atoms with Crippen molar-refractivity contribution in [2.24, 2.45) is 10.2 Å². The Bertz CT molecular complexity index is 595. The van der Waals surface area contributed by atoms with Crippen molar-refractivity contribution in [2.75, 3.05) is 0 Å². The third-order valence-corrected chi connectivity index (χ3v) is 2.78. The van der Waals surface area contributed by atoms with Gasteiger partial charge in [0.2, 0.25) is 11.8 Å². The van der Waals surface area contributed by atoms with E-state index >= 15 is 0 Å². The van der Waals surface area contributed by atoms with E-state index < -0.39 is 11.7 Å². The highest BCUT2D eigenvalue weighted by Crippen LogP contribution is 2.16. The first-order valence-corrected chi connectivity index (χ1v) is 6.04. The number of nitrogens with one attached hydrogen (secondary N) is 2. The molecule has 20 heavy (non-hydrogen) atoms. The smallest absolute Gasteiger partial charge is 0.245 e. The molecule has 0 spiro atoms. The Hall–Kier alpha value is -2.28. The second-order valence-corrected chi connectivity index (χ2v) is 4.40. The van der Waals surface area contributed by atoms with Gasteiger partial charge in [-0.25, -0.2) is 15.2 Å². The van der Waals surface area contributed by atoms with Gasteiger partial charge in [0.25, 0.3) is 0 Å². The Morgan fingerprint density at radius 2 is 2.40 bits per heavy atom. The van der Waals surface area contributed by atoms with Crippen LogP contribution in [0.2, 0.25) is 5.02 Å². The van der Waals surface area contributed by atoms with Gasteiger partial charge in [0.05, 0.1) is 29.8 Å². The van der Waals surface area contributed by atoms with E-state index in [9.17, 15) is 14.0 Å². The van der Waals surface area contributed by atoms with Crippen molar-refractivity contribution in [3.63, 3.8) is 0 Å². The summed E-state index contributed by atoms with van der Waals surface area (Å²) in [6.07, 6.45) is 1.16. The summed E-state index contributed by atoms with van der Waals surface area (Å²) in [6, 6.07) is 4.22. The lowest BCUT2D eigenvalue weighted by molar-refractivity contribution is -0.119. The number of rotatable bonds is 4. The predicted molar refractivity (Wildman–Crippen MR) is 72.0 cm³/mol. The number of benzene rings is 1. The van der Waals surface area contributed by atoms with Crippen LogP contribution in [0.25, 0.3) is 0 Å². The molecule has 2 rings (SSSR count). The Labute approximate surface area is 118 Å². The lowest BCUT2D eigenvalue weighted by atomic mass is 10.2. The zero-order valence-corrected chi connectivity index (χ0v) is 10.9. The second kappa shape index (κ2) is 6.25. The summed E-state index contributed by atoms with van der Waals surface area (Å²) < 4.78 is 13.4. The molecule has 8 heteroatoms. The van der Waals surface area contributed by atoms with Crippen LogP contribution in [0.15, 0.2) is 28.4 Å². The van der Waals surface area contributed by atoms with Crippen molar-refractivity contribution in [2.45, 2.75) is 12.8 Å². The number of hydrogen-bond acceptors (Lipinski definition) is 4. The Morgan fingerprint density at radius 3 is 3.05 bits per heavy atom. The summed E-state index contributed by atoms with van der Waals surface area (Å²) in [4.78, 5) is 22.4. The molecule has 0 atom stereocenters. The highest BCUT2D eigenvalue weighted by Gasteiger charge is 2.17. The zero-order chi connectivity index (χ0) is 14.5. The average Bonchev–Trinajstić information content (AvgIpc) is 2.78. The van der Waals surface area contributed by atoms with E-state index in [1.165, 1.54) is 18.2 Å². The summed E-state index contributed by atoms with van der Waals surface area (Å²) in [5.74, 6) is -1.25. The van der Waals surface area contributed by atoms with Crippen LogP contribution in [0.4, 0.5) is 4.39 Å². The van der Waals surface area contributed by atoms with Crippen molar-refractivity contribution in [1.29, 1.82) is 0 Å². The maximum absolute atomic E-state index is 13.4. The first kappa shape index (κ1) is 14.1. The summed E-state index contributed by atoms with van der Waals surface area (Å²) in [6.45, 7) is 0. The van der Waals surface area contributed by atoms with Gasteiger partial charge in [-0.05, 0) is 12.1 Å². The molecule has 1 heterocycles. The van der Waals surface area contributed by atoms with Crippen LogP contribution < -0.4 is 10.9 Å². The Kier molecular flexibility index (Phi) is 4.41. The van der Waals surface area contributed by atoms with Crippen molar-refractivity contribution < 1.29 is 14.0 Å². The van der Waals surface area contributed by atoms with E-state index in [4.69, 9.17) is 11.6 Å². The molecule has 2 amide bonds. The third kappa shape index (κ3) is 3.61. The molecule has 0 bridgehead atoms. The fraction of sp³-hybridized carbons (Fsp3) is 0.167. The third-order valence-electron chi connectivity index (χ3n) is 2.45. The molecule has 0 radical (unpaired) electrons. The van der Waals surface area contributed by atoms with Gasteiger partial charge in [-0.15, -0.1) is 0 Å². The topological polar surface area (TPSA) is 82.9 Å². The Balaban J connectivity index is 1.90. The fourth-order valence-electron chi connectivity index (χ4n) is 1.54. The summed E-state index contributed by atoms with van der Waals surface area (Å²) >= 11 is 5.79. The minimum atomic E-state index is -0.537. The molecule has 1 aromatic rings. The highest BCUT2D eigenvalue weighted by atomic mass is 35.5. The molecule has 0 aliphatic carbocycles. The molecule has 104 valence electrons. The molecular weight excluding hydrogens is 287 g/mol. The molecule has 0 saturated heterocycles. The van der Waals surface area contributed by atoms with Gasteiger partial charge in [0, 0.05) is 5.56 Å². The number of hydrazone groups is 2. The lowest BCUT2D eigenvalue weighted by Gasteiger charge is -2.00. The van der Waals surface area contributed by atoms with E-state index in [2.05, 4.69) is 21.1 Å². The molecule has 0 aromatic heterocycles. The second-order valence-electron chi connectivity index (χ2n) is 4.00. The van der Waals surface area contributed by atoms with Gasteiger partial charge in [0.15, 0.2) is 0 Å². The molecule has 0 unspecified atom stereocenters. The number of carbonyl (C=O) groups is 2. The van der Waals surface area contributed by atoms with E-state index in [1.807, 2.05) is 0 Å². The molecular formula is C12H10ClFN4O2. The summed E-state index contributed by atoms with van der Waals surface area (Å²) in [5.41, 5.74) is 4.96. The van der Waals surface area contributed by atoms with Crippen LogP contribution in [0.1, 0.15) is 18.4 Å². The normalized spacial score (nSPS) is 14.3. The number of hydrogen-bond donors (Lipinski definition) is 2. The molecule has 1 aliphatic heterocycles. The van der Waals surface area contributed by atoms with Gasteiger partial charge < -0.3 is 0 Å². The van der Waals surface area contributed by atoms with E-state index in [0.29, 0.717) is 5.71 Å². The van der Waals surface area contributed by atoms with Crippen molar-refractivity contribution >= 4 is 35.3 Å². The van der Waals surface area contributed by atoms with E-state index in [0.717, 1.165) is 6.21 Å². The largest absolute Gasteiger partial charge is 0.273 e. The first-order chi connectivity index (χ1) is 9.56. The number of nitrogens with zero attached hydrogens (tertiary/aromatic N) is 2. The van der Waals surface area contributed by atoms with Gasteiger partial charge in [-0.2, -0.15) is 10.2 Å². The van der Waals surface area contributed by atoms with E-state index in [1.54, 1.807) is 0 Å². The van der Waals surface area contributed by atoms with Crippen LogP contribution in [0, 0.1) is 5.82 Å². The van der Waals surface area contributed by atoms with E-state index in [-0.39, 0.29) is 29.3 Å². The zero-order valence-electron chi connectivity index (χ0n) is 10.2. The van der Waals surface area contributed by atoms with Gasteiger partial charge >= 0.3 is 0 Å². The van der Waals surface area contributed by atoms with Crippen LogP contribution in [0.5, 0.6) is 0 Å². The quantitative estimate of drug-likeness (QED) is 0.646. The van der Waals surface area contributed by atoms with Gasteiger partial charge in [-0.3, -0.25) is 9.59 Å². The number of halogens is 2. The molecule has 2 N–H and O–H groups in total. The fourth-order valence-corrected chi connectivity index (χ4v) is 1.75.